The Balaban J connectivity index is 0.000000623. The first kappa shape index (κ1) is 28.1. The molecule has 2 heteroatoms. The molecule has 0 atom stereocenters. The summed E-state index contributed by atoms with van der Waals surface area (Å²) < 4.78 is 0. The second-order valence-corrected chi connectivity index (χ2v) is 7.86. The summed E-state index contributed by atoms with van der Waals surface area (Å²) in [6.45, 7) is 19.0. The van der Waals surface area contributed by atoms with Gasteiger partial charge in [0.1, 0.15) is 0 Å². The van der Waals surface area contributed by atoms with Crippen LogP contribution in [0.3, 0.4) is 0 Å². The largest absolute Gasteiger partial charge is 0.320 e. The third-order valence-corrected chi connectivity index (χ3v) is 5.09. The average Bonchev–Trinajstić information content (AvgIpc) is 2.74. The Bertz CT molecular complexity index is 669. The second kappa shape index (κ2) is 17.9. The van der Waals surface area contributed by atoms with Gasteiger partial charge in [0.15, 0.2) is 0 Å². The molecule has 0 bridgehead atoms. The van der Waals surface area contributed by atoms with E-state index in [1.165, 1.54) is 53.5 Å². The van der Waals surface area contributed by atoms with Crippen molar-refractivity contribution in [3.8, 4) is 0 Å². The Morgan fingerprint density at radius 1 is 0.900 bits per heavy atom. The van der Waals surface area contributed by atoms with E-state index in [0.717, 1.165) is 13.1 Å². The van der Waals surface area contributed by atoms with E-state index in [1.807, 2.05) is 31.3 Å². The van der Waals surface area contributed by atoms with Crippen LogP contribution in [0.5, 0.6) is 0 Å². The summed E-state index contributed by atoms with van der Waals surface area (Å²) in [5, 5.41) is 6.65. The van der Waals surface area contributed by atoms with Crippen LogP contribution in [0.4, 0.5) is 0 Å². The molecule has 2 N–H and O–H groups in total. The Morgan fingerprint density at radius 3 is 1.87 bits per heavy atom. The van der Waals surface area contributed by atoms with Crippen LogP contribution >= 0.6 is 0 Å². The maximum absolute atomic E-state index is 3.90. The number of hydrogen-bond acceptors (Lipinski definition) is 2. The second-order valence-electron chi connectivity index (χ2n) is 7.86. The fraction of sp³-hybridized carbons (Fsp3) is 0.500. The summed E-state index contributed by atoms with van der Waals surface area (Å²) in [4.78, 5) is 0. The van der Waals surface area contributed by atoms with Crippen molar-refractivity contribution in [1.82, 2.24) is 10.6 Å². The number of benzene rings is 2. The molecule has 0 aliphatic heterocycles. The lowest BCUT2D eigenvalue weighted by atomic mass is 9.99. The number of rotatable bonds is 9. The number of aryl methyl sites for hydroxylation is 3. The molecule has 0 aromatic heterocycles. The molecule has 0 radical (unpaired) electrons. The molecule has 0 heterocycles. The van der Waals surface area contributed by atoms with Gasteiger partial charge in [0.25, 0.3) is 0 Å². The lowest BCUT2D eigenvalue weighted by Gasteiger charge is -2.19. The maximum Gasteiger partial charge on any atom is 0.0210 e. The van der Waals surface area contributed by atoms with Gasteiger partial charge in [-0.3, -0.25) is 0 Å². The zero-order chi connectivity index (χ0) is 22.8. The number of nitrogens with one attached hydrogen (secondary N) is 2. The van der Waals surface area contributed by atoms with E-state index in [9.17, 15) is 0 Å². The minimum absolute atomic E-state index is 0.655. The normalized spacial score (nSPS) is 10.0. The monoisotopic (exact) mass is 410 g/mol. The van der Waals surface area contributed by atoms with E-state index >= 15 is 0 Å². The molecule has 0 spiro atoms. The van der Waals surface area contributed by atoms with Crippen LogP contribution < -0.4 is 10.6 Å². The van der Waals surface area contributed by atoms with Gasteiger partial charge in [-0.15, -0.1) is 0 Å². The van der Waals surface area contributed by atoms with E-state index in [-0.39, 0.29) is 0 Å². The van der Waals surface area contributed by atoms with Crippen LogP contribution in [0.25, 0.3) is 6.08 Å². The lowest BCUT2D eigenvalue weighted by molar-refractivity contribution is 0.443. The minimum Gasteiger partial charge on any atom is -0.320 e. The van der Waals surface area contributed by atoms with E-state index < -0.39 is 0 Å². The fourth-order valence-electron chi connectivity index (χ4n) is 3.16. The van der Waals surface area contributed by atoms with Crippen molar-refractivity contribution in [2.45, 2.75) is 79.8 Å². The maximum atomic E-state index is 3.90. The van der Waals surface area contributed by atoms with Crippen molar-refractivity contribution >= 4 is 6.08 Å². The summed E-state index contributed by atoms with van der Waals surface area (Å²) in [6, 6.07) is 15.5. The Hall–Kier alpha value is -1.90. The van der Waals surface area contributed by atoms with Gasteiger partial charge in [-0.2, -0.15) is 0 Å². The zero-order valence-electron chi connectivity index (χ0n) is 20.6. The van der Waals surface area contributed by atoms with E-state index in [0.29, 0.717) is 6.04 Å². The van der Waals surface area contributed by atoms with Crippen molar-refractivity contribution in [3.63, 3.8) is 0 Å². The molecule has 0 saturated heterocycles. The zero-order valence-corrected chi connectivity index (χ0v) is 20.6. The quantitative estimate of drug-likeness (QED) is 0.456. The van der Waals surface area contributed by atoms with Gasteiger partial charge < -0.3 is 10.6 Å². The third kappa shape index (κ3) is 12.6. The van der Waals surface area contributed by atoms with Gasteiger partial charge in [0, 0.05) is 12.6 Å². The molecule has 2 aromatic carbocycles. The summed E-state index contributed by atoms with van der Waals surface area (Å²) in [5.74, 6) is 0. The van der Waals surface area contributed by atoms with Gasteiger partial charge in [-0.25, -0.2) is 0 Å². The molecule has 168 valence electrons. The first-order chi connectivity index (χ1) is 14.4. The Morgan fingerprint density at radius 2 is 1.47 bits per heavy atom. The highest BCUT2D eigenvalue weighted by Gasteiger charge is 2.08. The molecule has 0 fully saturated rings. The topological polar surface area (TPSA) is 24.1 Å². The molecule has 30 heavy (non-hydrogen) atoms. The van der Waals surface area contributed by atoms with Crippen LogP contribution in [0.1, 0.15) is 74.3 Å². The number of hydrogen-bond donors (Lipinski definition) is 2. The Kier molecular flexibility index (Phi) is 16.8. The van der Waals surface area contributed by atoms with Gasteiger partial charge in [0.05, 0.1) is 0 Å². The Labute approximate surface area is 187 Å². The standard InChI is InChI=1S/C18H29N.C7H8.C3H9N/c1-6-9-18(10-7-2)19-13-17-12-16(8-3)14(4)11-15(17)5;1-7-5-3-2-4-6-7;1-3-4-2/h8,11-12,18-19H,3,6-7,9-10,13H2,1-2,4-5H3;2-6H,1H3;4H,3H2,1-2H3. The van der Waals surface area contributed by atoms with Crippen molar-refractivity contribution in [2.75, 3.05) is 13.6 Å². The van der Waals surface area contributed by atoms with Crippen molar-refractivity contribution < 1.29 is 0 Å². The third-order valence-electron chi connectivity index (χ3n) is 5.09. The first-order valence-electron chi connectivity index (χ1n) is 11.5. The molecule has 0 unspecified atom stereocenters. The summed E-state index contributed by atoms with van der Waals surface area (Å²) in [6.07, 6.45) is 7.00. The smallest absolute Gasteiger partial charge is 0.0210 e. The van der Waals surface area contributed by atoms with Gasteiger partial charge in [0.2, 0.25) is 0 Å². The van der Waals surface area contributed by atoms with E-state index in [1.54, 1.807) is 0 Å². The SMILES string of the molecule is C=Cc1cc(CNC(CCC)CCC)c(C)cc1C.CCNC.Cc1ccccc1. The minimum atomic E-state index is 0.655. The highest BCUT2D eigenvalue weighted by Crippen LogP contribution is 2.17. The molecule has 0 amide bonds. The predicted molar refractivity (Wildman–Crippen MR) is 137 cm³/mol. The summed E-state index contributed by atoms with van der Waals surface area (Å²) in [7, 11) is 1.93. The van der Waals surface area contributed by atoms with E-state index in [2.05, 4.69) is 83.0 Å². The van der Waals surface area contributed by atoms with Crippen molar-refractivity contribution in [2.24, 2.45) is 0 Å². The van der Waals surface area contributed by atoms with Crippen LogP contribution in [0.15, 0.2) is 49.0 Å². The molecule has 0 aliphatic rings. The highest BCUT2D eigenvalue weighted by molar-refractivity contribution is 5.54. The van der Waals surface area contributed by atoms with Crippen LogP contribution in [0.2, 0.25) is 0 Å². The molecular weight excluding hydrogens is 364 g/mol. The van der Waals surface area contributed by atoms with Crippen molar-refractivity contribution in [1.29, 1.82) is 0 Å². The van der Waals surface area contributed by atoms with Crippen LogP contribution in [-0.2, 0) is 6.54 Å². The fourth-order valence-corrected chi connectivity index (χ4v) is 3.16. The summed E-state index contributed by atoms with van der Waals surface area (Å²) in [5.41, 5.74) is 6.67. The molecule has 2 nitrogen and oxygen atoms in total. The van der Waals surface area contributed by atoms with Gasteiger partial charge in [-0.1, -0.05) is 88.2 Å². The molecule has 0 aliphatic carbocycles. The lowest BCUT2D eigenvalue weighted by Crippen LogP contribution is -2.28. The molecule has 2 rings (SSSR count). The van der Waals surface area contributed by atoms with Gasteiger partial charge in [-0.05, 0) is 75.5 Å². The highest BCUT2D eigenvalue weighted by atomic mass is 14.9. The predicted octanol–water partition coefficient (Wildman–Crippen LogP) is 7.23. The average molecular weight is 411 g/mol. The van der Waals surface area contributed by atoms with Crippen molar-refractivity contribution in [3.05, 3.63) is 76.9 Å². The summed E-state index contributed by atoms with van der Waals surface area (Å²) >= 11 is 0. The van der Waals surface area contributed by atoms with E-state index in [4.69, 9.17) is 0 Å². The van der Waals surface area contributed by atoms with Gasteiger partial charge >= 0.3 is 0 Å². The van der Waals surface area contributed by atoms with Crippen LogP contribution in [0, 0.1) is 20.8 Å². The van der Waals surface area contributed by atoms with Crippen LogP contribution in [-0.4, -0.2) is 19.6 Å². The first-order valence-corrected chi connectivity index (χ1v) is 11.5. The molecule has 0 saturated carbocycles. The molecule has 2 aromatic rings. The molecular formula is C28H46N2.